The van der Waals surface area contributed by atoms with Crippen molar-refractivity contribution in [3.05, 3.63) is 34.3 Å². The van der Waals surface area contributed by atoms with Crippen LogP contribution >= 0.6 is 15.9 Å². The van der Waals surface area contributed by atoms with E-state index in [4.69, 9.17) is 10.9 Å². The molecule has 1 aliphatic rings. The van der Waals surface area contributed by atoms with Crippen molar-refractivity contribution in [2.75, 3.05) is 0 Å². The van der Waals surface area contributed by atoms with Gasteiger partial charge in [0.2, 0.25) is 0 Å². The number of amidine groups is 1. The lowest BCUT2D eigenvalue weighted by atomic mass is 9.95. The van der Waals surface area contributed by atoms with E-state index in [9.17, 15) is 4.79 Å². The summed E-state index contributed by atoms with van der Waals surface area (Å²) in [5.41, 5.74) is 5.57. The second kappa shape index (κ2) is 5.61. The van der Waals surface area contributed by atoms with Crippen LogP contribution in [-0.4, -0.2) is 22.5 Å². The number of benzene rings is 1. The highest BCUT2D eigenvalue weighted by molar-refractivity contribution is 9.10. The van der Waals surface area contributed by atoms with Crippen LogP contribution in [0.2, 0.25) is 0 Å². The van der Waals surface area contributed by atoms with Crippen LogP contribution in [0.1, 0.15) is 36.0 Å². The molecule has 5 nitrogen and oxygen atoms in total. The maximum Gasteiger partial charge on any atom is 0.253 e. The molecular weight excluding hydrogens is 310 g/mol. The van der Waals surface area contributed by atoms with Gasteiger partial charge in [-0.1, -0.05) is 30.1 Å². The SMILES string of the molecule is N/C(=N/O)C1(NC(=O)c2ccccc2Br)CCCC1. The number of rotatable bonds is 3. The molecule has 19 heavy (non-hydrogen) atoms. The van der Waals surface area contributed by atoms with Crippen molar-refractivity contribution in [3.8, 4) is 0 Å². The van der Waals surface area contributed by atoms with Crippen LogP contribution in [0.5, 0.6) is 0 Å². The Morgan fingerprint density at radius 3 is 2.58 bits per heavy atom. The van der Waals surface area contributed by atoms with Crippen molar-refractivity contribution >= 4 is 27.7 Å². The van der Waals surface area contributed by atoms with Gasteiger partial charge in [-0.25, -0.2) is 0 Å². The Hall–Kier alpha value is -1.56. The van der Waals surface area contributed by atoms with Gasteiger partial charge in [0.05, 0.1) is 5.56 Å². The van der Waals surface area contributed by atoms with Gasteiger partial charge in [-0.3, -0.25) is 4.79 Å². The number of hydrogen-bond donors (Lipinski definition) is 3. The van der Waals surface area contributed by atoms with Crippen LogP contribution in [0.4, 0.5) is 0 Å². The minimum atomic E-state index is -0.721. The van der Waals surface area contributed by atoms with Crippen LogP contribution in [0.15, 0.2) is 33.9 Å². The standard InChI is InChI=1S/C13H16BrN3O2/c14-10-6-2-1-5-9(10)11(18)16-13(12(15)17-19)7-3-4-8-13/h1-2,5-6,19H,3-4,7-8H2,(H2,15,17)(H,16,18). The largest absolute Gasteiger partial charge is 0.409 e. The number of oxime groups is 1. The number of amides is 1. The van der Waals surface area contributed by atoms with Crippen molar-refractivity contribution in [1.82, 2.24) is 5.32 Å². The maximum absolute atomic E-state index is 12.3. The molecular formula is C13H16BrN3O2. The van der Waals surface area contributed by atoms with E-state index < -0.39 is 5.54 Å². The zero-order chi connectivity index (χ0) is 13.9. The summed E-state index contributed by atoms with van der Waals surface area (Å²) in [7, 11) is 0. The molecule has 0 heterocycles. The number of nitrogens with two attached hydrogens (primary N) is 1. The summed E-state index contributed by atoms with van der Waals surface area (Å²) in [4.78, 5) is 12.3. The van der Waals surface area contributed by atoms with E-state index in [1.165, 1.54) is 0 Å². The Labute approximate surface area is 120 Å². The minimum absolute atomic E-state index is 0.0744. The molecule has 6 heteroatoms. The lowest BCUT2D eigenvalue weighted by Gasteiger charge is -2.28. The van der Waals surface area contributed by atoms with Gasteiger partial charge in [0.25, 0.3) is 5.91 Å². The minimum Gasteiger partial charge on any atom is -0.409 e. The Morgan fingerprint density at radius 1 is 1.37 bits per heavy atom. The Morgan fingerprint density at radius 2 is 2.00 bits per heavy atom. The molecule has 1 fully saturated rings. The maximum atomic E-state index is 12.3. The first kappa shape index (κ1) is 13.9. The van der Waals surface area contributed by atoms with Gasteiger partial charge in [-0.15, -0.1) is 0 Å². The van der Waals surface area contributed by atoms with E-state index >= 15 is 0 Å². The molecule has 0 aromatic heterocycles. The molecule has 2 rings (SSSR count). The molecule has 1 saturated carbocycles. The number of halogens is 1. The van der Waals surface area contributed by atoms with Crippen molar-refractivity contribution in [2.45, 2.75) is 31.2 Å². The third-order valence-corrected chi connectivity index (χ3v) is 4.22. The zero-order valence-corrected chi connectivity index (χ0v) is 12.0. The van der Waals surface area contributed by atoms with E-state index in [1.807, 2.05) is 6.07 Å². The molecule has 0 bridgehead atoms. The number of hydrogen-bond acceptors (Lipinski definition) is 3. The molecule has 0 radical (unpaired) electrons. The fourth-order valence-electron chi connectivity index (χ4n) is 2.45. The first-order chi connectivity index (χ1) is 9.09. The molecule has 4 N–H and O–H groups in total. The highest BCUT2D eigenvalue weighted by atomic mass is 79.9. The Bertz CT molecular complexity index is 510. The average Bonchev–Trinajstić information content (AvgIpc) is 2.88. The highest BCUT2D eigenvalue weighted by Gasteiger charge is 2.40. The van der Waals surface area contributed by atoms with Crippen LogP contribution in [-0.2, 0) is 0 Å². The molecule has 0 unspecified atom stereocenters. The average molecular weight is 326 g/mol. The van der Waals surface area contributed by atoms with Gasteiger partial charge in [0.15, 0.2) is 5.84 Å². The summed E-state index contributed by atoms with van der Waals surface area (Å²) in [5.74, 6) is -0.147. The van der Waals surface area contributed by atoms with E-state index in [-0.39, 0.29) is 11.7 Å². The zero-order valence-electron chi connectivity index (χ0n) is 10.4. The molecule has 0 aliphatic heterocycles. The molecule has 102 valence electrons. The van der Waals surface area contributed by atoms with Crippen LogP contribution in [0.3, 0.4) is 0 Å². The predicted octanol–water partition coefficient (Wildman–Crippen LogP) is 2.24. The normalized spacial score (nSPS) is 18.3. The third kappa shape index (κ3) is 2.73. The lowest BCUT2D eigenvalue weighted by molar-refractivity contribution is 0.0922. The van der Waals surface area contributed by atoms with Crippen LogP contribution < -0.4 is 11.1 Å². The summed E-state index contributed by atoms with van der Waals surface area (Å²) in [6.45, 7) is 0. The summed E-state index contributed by atoms with van der Waals surface area (Å²) < 4.78 is 0.722. The molecule has 0 atom stereocenters. The van der Waals surface area contributed by atoms with Crippen molar-refractivity contribution in [3.63, 3.8) is 0 Å². The Balaban J connectivity index is 2.24. The van der Waals surface area contributed by atoms with Crippen molar-refractivity contribution in [2.24, 2.45) is 10.9 Å². The molecule has 0 spiro atoms. The number of carbonyl (C=O) groups excluding carboxylic acids is 1. The molecule has 0 saturated heterocycles. The van der Waals surface area contributed by atoms with E-state index in [0.717, 1.165) is 17.3 Å². The van der Waals surface area contributed by atoms with E-state index in [0.29, 0.717) is 18.4 Å². The quantitative estimate of drug-likeness (QED) is 0.344. The van der Waals surface area contributed by atoms with Gasteiger partial charge in [0, 0.05) is 4.47 Å². The number of carbonyl (C=O) groups is 1. The topological polar surface area (TPSA) is 87.7 Å². The molecule has 1 aromatic carbocycles. The first-order valence-electron chi connectivity index (χ1n) is 6.14. The predicted molar refractivity (Wildman–Crippen MR) is 76.2 cm³/mol. The van der Waals surface area contributed by atoms with Gasteiger partial charge < -0.3 is 16.3 Å². The first-order valence-corrected chi connectivity index (χ1v) is 6.93. The number of nitrogens with one attached hydrogen (secondary N) is 1. The fourth-order valence-corrected chi connectivity index (χ4v) is 2.91. The fraction of sp³-hybridized carbons (Fsp3) is 0.385. The van der Waals surface area contributed by atoms with Gasteiger partial charge in [-0.05, 0) is 40.9 Å². The Kier molecular flexibility index (Phi) is 4.09. The second-order valence-electron chi connectivity index (χ2n) is 4.71. The third-order valence-electron chi connectivity index (χ3n) is 3.53. The van der Waals surface area contributed by atoms with Crippen LogP contribution in [0, 0.1) is 0 Å². The van der Waals surface area contributed by atoms with Crippen LogP contribution in [0.25, 0.3) is 0 Å². The summed E-state index contributed by atoms with van der Waals surface area (Å²) in [5, 5.41) is 14.9. The van der Waals surface area contributed by atoms with Crippen molar-refractivity contribution < 1.29 is 10.0 Å². The van der Waals surface area contributed by atoms with Gasteiger partial charge >= 0.3 is 0 Å². The summed E-state index contributed by atoms with van der Waals surface area (Å²) in [6, 6.07) is 7.17. The molecule has 1 aliphatic carbocycles. The molecule has 1 amide bonds. The highest BCUT2D eigenvalue weighted by Crippen LogP contribution is 2.30. The smallest absolute Gasteiger partial charge is 0.253 e. The summed E-state index contributed by atoms with van der Waals surface area (Å²) in [6.07, 6.45) is 3.29. The second-order valence-corrected chi connectivity index (χ2v) is 5.56. The van der Waals surface area contributed by atoms with E-state index in [1.54, 1.807) is 18.2 Å². The summed E-state index contributed by atoms with van der Waals surface area (Å²) >= 11 is 3.35. The van der Waals surface area contributed by atoms with Gasteiger partial charge in [0.1, 0.15) is 5.54 Å². The number of nitrogens with zero attached hydrogens (tertiary/aromatic N) is 1. The van der Waals surface area contributed by atoms with E-state index in [2.05, 4.69) is 26.4 Å². The van der Waals surface area contributed by atoms with Crippen molar-refractivity contribution in [1.29, 1.82) is 0 Å². The monoisotopic (exact) mass is 325 g/mol. The lowest BCUT2D eigenvalue weighted by Crippen LogP contribution is -2.55. The van der Waals surface area contributed by atoms with Gasteiger partial charge in [-0.2, -0.15) is 0 Å². The molecule has 1 aromatic rings.